The van der Waals surface area contributed by atoms with Crippen molar-refractivity contribution in [1.29, 1.82) is 0 Å². The van der Waals surface area contributed by atoms with E-state index in [0.717, 1.165) is 79.1 Å². The highest BCUT2D eigenvalue weighted by Gasteiger charge is 2.17. The van der Waals surface area contributed by atoms with Crippen LogP contribution in [-0.2, 0) is 24.2 Å². The molecule has 2 aromatic heterocycles. The Morgan fingerprint density at radius 3 is 2.62 bits per heavy atom. The third kappa shape index (κ3) is 6.05. The number of anilines is 1. The molecule has 0 saturated carbocycles. The molecule has 0 unspecified atom stereocenters. The minimum atomic E-state index is -0.228. The molecule has 2 N–H and O–H groups in total. The van der Waals surface area contributed by atoms with Gasteiger partial charge in [0.15, 0.2) is 5.69 Å². The van der Waals surface area contributed by atoms with Gasteiger partial charge in [-0.2, -0.15) is 5.10 Å². The van der Waals surface area contributed by atoms with Crippen molar-refractivity contribution >= 4 is 22.5 Å². The molecular formula is C29H34N6O2. The normalized spacial score (nSPS) is 14.4. The second-order valence-corrected chi connectivity index (χ2v) is 9.89. The lowest BCUT2D eigenvalue weighted by atomic mass is 10.0. The Bertz CT molecular complexity index is 1390. The van der Waals surface area contributed by atoms with E-state index in [0.29, 0.717) is 5.69 Å². The highest BCUT2D eigenvalue weighted by molar-refractivity contribution is 6.11. The molecule has 8 nitrogen and oxygen atoms in total. The second kappa shape index (κ2) is 11.2. The Morgan fingerprint density at radius 1 is 1.03 bits per heavy atom. The molecule has 1 aliphatic rings. The van der Waals surface area contributed by atoms with Gasteiger partial charge in [0.25, 0.3) is 5.91 Å². The second-order valence-electron chi connectivity index (χ2n) is 9.89. The van der Waals surface area contributed by atoms with Gasteiger partial charge >= 0.3 is 0 Å². The molecule has 5 rings (SSSR count). The van der Waals surface area contributed by atoms with Gasteiger partial charge in [-0.3, -0.25) is 19.8 Å². The first-order valence-corrected chi connectivity index (χ1v) is 12.8. The van der Waals surface area contributed by atoms with Gasteiger partial charge in [-0.1, -0.05) is 19.1 Å². The van der Waals surface area contributed by atoms with E-state index in [-0.39, 0.29) is 5.91 Å². The van der Waals surface area contributed by atoms with Crippen molar-refractivity contribution in [2.75, 3.05) is 45.7 Å². The van der Waals surface area contributed by atoms with Crippen molar-refractivity contribution in [3.63, 3.8) is 0 Å². The highest BCUT2D eigenvalue weighted by Crippen LogP contribution is 2.27. The fourth-order valence-electron chi connectivity index (χ4n) is 4.80. The van der Waals surface area contributed by atoms with Crippen molar-refractivity contribution in [2.24, 2.45) is 0 Å². The zero-order valence-corrected chi connectivity index (χ0v) is 21.8. The first-order chi connectivity index (χ1) is 18.0. The lowest BCUT2D eigenvalue weighted by Crippen LogP contribution is -2.35. The van der Waals surface area contributed by atoms with E-state index < -0.39 is 0 Å². The van der Waals surface area contributed by atoms with E-state index in [2.05, 4.69) is 55.4 Å². The van der Waals surface area contributed by atoms with Crippen LogP contribution in [0.15, 0.2) is 54.9 Å². The number of morpholine rings is 1. The molecular weight excluding hydrogens is 464 g/mol. The average Bonchev–Trinajstić information content (AvgIpc) is 3.32. The number of hydrogen-bond donors (Lipinski definition) is 2. The molecule has 1 fully saturated rings. The summed E-state index contributed by atoms with van der Waals surface area (Å²) >= 11 is 0. The van der Waals surface area contributed by atoms with Crippen LogP contribution >= 0.6 is 0 Å². The van der Waals surface area contributed by atoms with E-state index in [1.54, 1.807) is 0 Å². The summed E-state index contributed by atoms with van der Waals surface area (Å²) in [5.41, 5.74) is 7.52. The van der Waals surface area contributed by atoms with E-state index in [1.165, 1.54) is 11.1 Å². The van der Waals surface area contributed by atoms with Crippen LogP contribution in [-0.4, -0.2) is 71.3 Å². The first-order valence-electron chi connectivity index (χ1n) is 12.8. The van der Waals surface area contributed by atoms with Crippen molar-refractivity contribution in [2.45, 2.75) is 26.4 Å². The number of hydrogen-bond acceptors (Lipinski definition) is 6. The van der Waals surface area contributed by atoms with Gasteiger partial charge in [0.2, 0.25) is 0 Å². The summed E-state index contributed by atoms with van der Waals surface area (Å²) in [5.74, 6) is -0.228. The molecule has 0 radical (unpaired) electrons. The maximum atomic E-state index is 13.4. The summed E-state index contributed by atoms with van der Waals surface area (Å²) in [7, 11) is 4.08. The SMILES string of the molecule is CCc1cc(CN2CCOCC2)cc(NC(=O)c2n[nH]c3ccc(-c4cncc(CN(C)C)c4)cc23)c1. The van der Waals surface area contributed by atoms with Crippen LogP contribution in [0.5, 0.6) is 0 Å². The minimum Gasteiger partial charge on any atom is -0.379 e. The summed E-state index contributed by atoms with van der Waals surface area (Å²) in [6.45, 7) is 7.16. The molecule has 1 amide bonds. The van der Waals surface area contributed by atoms with Crippen molar-refractivity contribution in [1.82, 2.24) is 25.0 Å². The molecule has 4 aromatic rings. The first kappa shape index (κ1) is 25.1. The van der Waals surface area contributed by atoms with Crippen molar-refractivity contribution < 1.29 is 9.53 Å². The lowest BCUT2D eigenvalue weighted by molar-refractivity contribution is 0.0342. The summed E-state index contributed by atoms with van der Waals surface area (Å²) in [6, 6.07) is 14.5. The third-order valence-electron chi connectivity index (χ3n) is 6.63. The van der Waals surface area contributed by atoms with Gasteiger partial charge in [-0.05, 0) is 73.1 Å². The minimum absolute atomic E-state index is 0.228. The molecule has 1 saturated heterocycles. The van der Waals surface area contributed by atoms with E-state index in [4.69, 9.17) is 4.74 Å². The van der Waals surface area contributed by atoms with Gasteiger partial charge in [-0.25, -0.2) is 0 Å². The molecule has 0 atom stereocenters. The monoisotopic (exact) mass is 498 g/mol. The lowest BCUT2D eigenvalue weighted by Gasteiger charge is -2.27. The number of carbonyl (C=O) groups excluding carboxylic acids is 1. The quantitative estimate of drug-likeness (QED) is 0.376. The number of nitrogens with one attached hydrogen (secondary N) is 2. The Balaban J connectivity index is 1.39. The summed E-state index contributed by atoms with van der Waals surface area (Å²) < 4.78 is 5.48. The van der Waals surface area contributed by atoms with E-state index >= 15 is 0 Å². The fourth-order valence-corrected chi connectivity index (χ4v) is 4.80. The number of amides is 1. The van der Waals surface area contributed by atoms with Gasteiger partial charge in [0, 0.05) is 55.2 Å². The molecule has 192 valence electrons. The predicted molar refractivity (Wildman–Crippen MR) is 147 cm³/mol. The molecule has 0 spiro atoms. The smallest absolute Gasteiger partial charge is 0.276 e. The number of H-pyrrole nitrogens is 1. The number of ether oxygens (including phenoxy) is 1. The highest BCUT2D eigenvalue weighted by atomic mass is 16.5. The Morgan fingerprint density at radius 2 is 1.84 bits per heavy atom. The number of pyridine rings is 1. The summed E-state index contributed by atoms with van der Waals surface area (Å²) in [5, 5.41) is 11.2. The third-order valence-corrected chi connectivity index (χ3v) is 6.63. The number of rotatable bonds is 8. The molecule has 3 heterocycles. The zero-order valence-electron chi connectivity index (χ0n) is 21.8. The number of fused-ring (bicyclic) bond motifs is 1. The Labute approximate surface area is 217 Å². The van der Waals surface area contributed by atoms with Crippen LogP contribution < -0.4 is 5.32 Å². The zero-order chi connectivity index (χ0) is 25.8. The molecule has 8 heteroatoms. The summed E-state index contributed by atoms with van der Waals surface area (Å²) in [6.07, 6.45) is 4.64. The number of aryl methyl sites for hydroxylation is 1. The maximum Gasteiger partial charge on any atom is 0.276 e. The van der Waals surface area contributed by atoms with Crippen LogP contribution in [0, 0.1) is 0 Å². The number of aromatic nitrogens is 3. The number of nitrogens with zero attached hydrogens (tertiary/aromatic N) is 4. The van der Waals surface area contributed by atoms with Gasteiger partial charge in [-0.15, -0.1) is 0 Å². The molecule has 2 aromatic carbocycles. The van der Waals surface area contributed by atoms with Crippen LogP contribution in [0.1, 0.15) is 34.1 Å². The van der Waals surface area contributed by atoms with E-state index in [9.17, 15) is 4.79 Å². The van der Waals surface area contributed by atoms with Gasteiger partial charge < -0.3 is 15.0 Å². The van der Waals surface area contributed by atoms with Gasteiger partial charge in [0.05, 0.1) is 18.7 Å². The van der Waals surface area contributed by atoms with E-state index in [1.807, 2.05) is 50.8 Å². The standard InChI is InChI=1S/C29H34N6O2/c1-4-20-11-21(19-35-7-9-37-10-8-35)14-25(13-20)31-29(36)28-26-15-23(5-6-27(26)32-33-28)24-12-22(16-30-17-24)18-34(2)3/h5-6,11-17H,4,7-10,18-19H2,1-3H3,(H,31,36)(H,32,33). The largest absolute Gasteiger partial charge is 0.379 e. The molecule has 0 aliphatic carbocycles. The predicted octanol–water partition coefficient (Wildman–Crippen LogP) is 4.33. The number of aromatic amines is 1. The van der Waals surface area contributed by atoms with Crippen LogP contribution in [0.2, 0.25) is 0 Å². The molecule has 0 bridgehead atoms. The Hall–Kier alpha value is -3.59. The topological polar surface area (TPSA) is 86.4 Å². The van der Waals surface area contributed by atoms with Crippen LogP contribution in [0.4, 0.5) is 5.69 Å². The number of benzene rings is 2. The molecule has 1 aliphatic heterocycles. The maximum absolute atomic E-state index is 13.4. The average molecular weight is 499 g/mol. The van der Waals surface area contributed by atoms with Crippen LogP contribution in [0.25, 0.3) is 22.0 Å². The van der Waals surface area contributed by atoms with Crippen LogP contribution in [0.3, 0.4) is 0 Å². The number of carbonyl (C=O) groups is 1. The van der Waals surface area contributed by atoms with Gasteiger partial charge in [0.1, 0.15) is 0 Å². The molecule has 37 heavy (non-hydrogen) atoms. The summed E-state index contributed by atoms with van der Waals surface area (Å²) in [4.78, 5) is 22.3. The van der Waals surface area contributed by atoms with Crippen molar-refractivity contribution in [3.05, 3.63) is 77.2 Å². The fraction of sp³-hybridized carbons (Fsp3) is 0.345. The Kier molecular flexibility index (Phi) is 7.60. The van der Waals surface area contributed by atoms with Crippen molar-refractivity contribution in [3.8, 4) is 11.1 Å².